The Kier molecular flexibility index (Phi) is 4.34. The molecular weight excluding hydrogens is 353 g/mol. The number of carbonyl (C=O) groups is 1. The van der Waals surface area contributed by atoms with Gasteiger partial charge >= 0.3 is 6.18 Å². The van der Waals surface area contributed by atoms with Gasteiger partial charge in [-0.15, -0.1) is 11.3 Å². The van der Waals surface area contributed by atoms with Crippen molar-refractivity contribution in [3.8, 4) is 5.82 Å². The number of amides is 1. The number of nitrogens with one attached hydrogen (secondary N) is 1. The molecule has 0 fully saturated rings. The highest BCUT2D eigenvalue weighted by Gasteiger charge is 2.34. The Balaban J connectivity index is 1.87. The van der Waals surface area contributed by atoms with Gasteiger partial charge in [0.2, 0.25) is 0 Å². The molecule has 0 bridgehead atoms. The standard InChI is InChI=1S/C16H13F3N4OS/c1-9-7-11(10(2)23(9)13-5-3-4-6-20-13)14(24)22-15-21-12(8-25-15)16(17,18)19/h3-8H,1-2H3,(H,21,22,24). The maximum Gasteiger partial charge on any atom is 0.434 e. The Morgan fingerprint density at radius 1 is 1.28 bits per heavy atom. The first kappa shape index (κ1) is 17.2. The lowest BCUT2D eigenvalue weighted by Crippen LogP contribution is -2.14. The van der Waals surface area contributed by atoms with Gasteiger partial charge < -0.3 is 4.57 Å². The summed E-state index contributed by atoms with van der Waals surface area (Å²) >= 11 is 0.730. The lowest BCUT2D eigenvalue weighted by molar-refractivity contribution is -0.140. The minimum Gasteiger partial charge on any atom is -0.302 e. The summed E-state index contributed by atoms with van der Waals surface area (Å²) in [6.07, 6.45) is -2.89. The van der Waals surface area contributed by atoms with Crippen LogP contribution in [0.3, 0.4) is 0 Å². The molecule has 0 aromatic carbocycles. The number of anilines is 1. The monoisotopic (exact) mass is 366 g/mol. The molecule has 9 heteroatoms. The van der Waals surface area contributed by atoms with Crippen molar-refractivity contribution in [2.75, 3.05) is 5.32 Å². The molecule has 0 aliphatic heterocycles. The molecular formula is C16H13F3N4OS. The smallest absolute Gasteiger partial charge is 0.302 e. The van der Waals surface area contributed by atoms with E-state index in [4.69, 9.17) is 0 Å². The number of hydrogen-bond acceptors (Lipinski definition) is 4. The van der Waals surface area contributed by atoms with Crippen LogP contribution in [0.1, 0.15) is 27.4 Å². The topological polar surface area (TPSA) is 59.8 Å². The van der Waals surface area contributed by atoms with Gasteiger partial charge in [0.15, 0.2) is 10.8 Å². The third-order valence-electron chi connectivity index (χ3n) is 3.57. The van der Waals surface area contributed by atoms with Crippen molar-refractivity contribution in [2.45, 2.75) is 20.0 Å². The zero-order valence-corrected chi connectivity index (χ0v) is 14.1. The van der Waals surface area contributed by atoms with Crippen molar-refractivity contribution in [3.63, 3.8) is 0 Å². The van der Waals surface area contributed by atoms with E-state index in [1.807, 2.05) is 13.0 Å². The first-order chi connectivity index (χ1) is 11.8. The highest BCUT2D eigenvalue weighted by molar-refractivity contribution is 7.14. The Bertz CT molecular complexity index is 915. The van der Waals surface area contributed by atoms with E-state index in [-0.39, 0.29) is 5.13 Å². The predicted molar refractivity (Wildman–Crippen MR) is 88.1 cm³/mol. The van der Waals surface area contributed by atoms with Gasteiger partial charge in [-0.25, -0.2) is 9.97 Å². The first-order valence-corrected chi connectivity index (χ1v) is 8.10. The molecule has 0 spiro atoms. The number of nitrogens with zero attached hydrogens (tertiary/aromatic N) is 3. The van der Waals surface area contributed by atoms with Gasteiger partial charge in [-0.2, -0.15) is 13.2 Å². The number of hydrogen-bond donors (Lipinski definition) is 1. The summed E-state index contributed by atoms with van der Waals surface area (Å²) in [6, 6.07) is 7.08. The van der Waals surface area contributed by atoms with Crippen molar-refractivity contribution < 1.29 is 18.0 Å². The molecule has 3 heterocycles. The normalized spacial score (nSPS) is 11.6. The molecule has 0 radical (unpaired) electrons. The minimum atomic E-state index is -4.53. The maximum atomic E-state index is 12.6. The summed E-state index contributed by atoms with van der Waals surface area (Å²) in [5.41, 5.74) is 0.761. The van der Waals surface area contributed by atoms with Gasteiger partial charge in [-0.1, -0.05) is 6.07 Å². The molecule has 25 heavy (non-hydrogen) atoms. The van der Waals surface area contributed by atoms with Crippen molar-refractivity contribution >= 4 is 22.4 Å². The van der Waals surface area contributed by atoms with Gasteiger partial charge in [0.1, 0.15) is 5.82 Å². The Hall–Kier alpha value is -2.68. The molecule has 0 saturated heterocycles. The molecule has 3 aromatic rings. The minimum absolute atomic E-state index is 0.0973. The third-order valence-corrected chi connectivity index (χ3v) is 4.33. The van der Waals surface area contributed by atoms with Crippen LogP contribution in [-0.4, -0.2) is 20.4 Å². The molecule has 0 aliphatic carbocycles. The predicted octanol–water partition coefficient (Wildman–Crippen LogP) is 4.22. The van der Waals surface area contributed by atoms with Crippen molar-refractivity contribution in [3.05, 3.63) is 58.5 Å². The lowest BCUT2D eigenvalue weighted by Gasteiger charge is -2.08. The molecule has 1 amide bonds. The van der Waals surface area contributed by atoms with Gasteiger partial charge in [-0.3, -0.25) is 10.1 Å². The van der Waals surface area contributed by atoms with Crippen LogP contribution < -0.4 is 5.32 Å². The molecule has 0 atom stereocenters. The molecule has 5 nitrogen and oxygen atoms in total. The SMILES string of the molecule is Cc1cc(C(=O)Nc2nc(C(F)(F)F)cs2)c(C)n1-c1ccccn1. The fraction of sp³-hybridized carbons (Fsp3) is 0.188. The maximum absolute atomic E-state index is 12.6. The summed E-state index contributed by atoms with van der Waals surface area (Å²) in [5.74, 6) is 0.142. The van der Waals surface area contributed by atoms with Crippen LogP contribution in [0.5, 0.6) is 0 Å². The zero-order valence-electron chi connectivity index (χ0n) is 13.3. The van der Waals surface area contributed by atoms with Gasteiger partial charge in [0.05, 0.1) is 5.56 Å². The highest BCUT2D eigenvalue weighted by Crippen LogP contribution is 2.32. The van der Waals surface area contributed by atoms with Crippen LogP contribution in [0.2, 0.25) is 0 Å². The zero-order chi connectivity index (χ0) is 18.2. The number of aryl methyl sites for hydroxylation is 1. The molecule has 3 rings (SSSR count). The van der Waals surface area contributed by atoms with Crippen molar-refractivity contribution in [1.29, 1.82) is 0 Å². The van der Waals surface area contributed by atoms with E-state index in [9.17, 15) is 18.0 Å². The number of rotatable bonds is 3. The van der Waals surface area contributed by atoms with E-state index in [1.54, 1.807) is 35.9 Å². The second-order valence-electron chi connectivity index (χ2n) is 5.30. The lowest BCUT2D eigenvalue weighted by atomic mass is 10.2. The summed E-state index contributed by atoms with van der Waals surface area (Å²) in [6.45, 7) is 3.57. The average Bonchev–Trinajstić information content (AvgIpc) is 3.13. The summed E-state index contributed by atoms with van der Waals surface area (Å²) in [5, 5.41) is 3.19. The average molecular weight is 366 g/mol. The Morgan fingerprint density at radius 3 is 2.64 bits per heavy atom. The number of pyridine rings is 1. The molecule has 0 unspecified atom stereocenters. The van der Waals surface area contributed by atoms with E-state index in [0.717, 1.165) is 22.4 Å². The van der Waals surface area contributed by atoms with Crippen LogP contribution >= 0.6 is 11.3 Å². The summed E-state index contributed by atoms with van der Waals surface area (Å²) in [4.78, 5) is 20.1. The van der Waals surface area contributed by atoms with E-state index >= 15 is 0 Å². The van der Waals surface area contributed by atoms with Gasteiger partial charge in [0.25, 0.3) is 5.91 Å². The third kappa shape index (κ3) is 3.41. The van der Waals surface area contributed by atoms with Crippen molar-refractivity contribution in [2.24, 2.45) is 0 Å². The molecule has 3 aromatic heterocycles. The Labute approximate surface area is 145 Å². The summed E-state index contributed by atoms with van der Waals surface area (Å²) < 4.78 is 39.6. The number of thiazole rings is 1. The van der Waals surface area contributed by atoms with Crippen LogP contribution in [0.15, 0.2) is 35.8 Å². The fourth-order valence-electron chi connectivity index (χ4n) is 2.46. The van der Waals surface area contributed by atoms with E-state index in [1.165, 1.54) is 0 Å². The number of alkyl halides is 3. The fourth-order valence-corrected chi connectivity index (χ4v) is 3.17. The van der Waals surface area contributed by atoms with Crippen LogP contribution in [0.4, 0.5) is 18.3 Å². The molecule has 0 aliphatic rings. The Morgan fingerprint density at radius 2 is 2.04 bits per heavy atom. The van der Waals surface area contributed by atoms with Crippen LogP contribution in [-0.2, 0) is 6.18 Å². The molecule has 130 valence electrons. The second-order valence-corrected chi connectivity index (χ2v) is 6.16. The second kappa shape index (κ2) is 6.32. The number of halogens is 3. The first-order valence-electron chi connectivity index (χ1n) is 7.22. The van der Waals surface area contributed by atoms with E-state index < -0.39 is 17.8 Å². The summed E-state index contributed by atoms with van der Waals surface area (Å²) in [7, 11) is 0. The van der Waals surface area contributed by atoms with Crippen LogP contribution in [0, 0.1) is 13.8 Å². The molecule has 1 N–H and O–H groups in total. The number of carbonyl (C=O) groups excluding carboxylic acids is 1. The van der Waals surface area contributed by atoms with E-state index in [0.29, 0.717) is 17.1 Å². The molecule has 0 saturated carbocycles. The largest absolute Gasteiger partial charge is 0.434 e. The quantitative estimate of drug-likeness (QED) is 0.755. The van der Waals surface area contributed by atoms with Crippen molar-refractivity contribution in [1.82, 2.24) is 14.5 Å². The number of aromatic nitrogens is 3. The van der Waals surface area contributed by atoms with E-state index in [2.05, 4.69) is 15.3 Å². The van der Waals surface area contributed by atoms with Gasteiger partial charge in [-0.05, 0) is 32.0 Å². The van der Waals surface area contributed by atoms with Crippen LogP contribution in [0.25, 0.3) is 5.82 Å². The highest BCUT2D eigenvalue weighted by atomic mass is 32.1. The van der Waals surface area contributed by atoms with Gasteiger partial charge in [0, 0.05) is 23.0 Å².